The molecule has 1 heterocycles. The van der Waals surface area contributed by atoms with Gasteiger partial charge in [-0.15, -0.1) is 0 Å². The number of hydrogen-bond acceptors (Lipinski definition) is 2. The zero-order valence-corrected chi connectivity index (χ0v) is 12.3. The Morgan fingerprint density at radius 2 is 1.62 bits per heavy atom. The summed E-state index contributed by atoms with van der Waals surface area (Å²) in [5, 5.41) is 9.88. The van der Waals surface area contributed by atoms with Crippen LogP contribution in [0.15, 0.2) is 42.5 Å². The molecule has 0 unspecified atom stereocenters. The van der Waals surface area contributed by atoms with Crippen molar-refractivity contribution < 1.29 is 9.90 Å². The van der Waals surface area contributed by atoms with Gasteiger partial charge in [0.05, 0.1) is 16.3 Å². The summed E-state index contributed by atoms with van der Waals surface area (Å²) in [6, 6.07) is 13.4. The number of anilines is 1. The first kappa shape index (κ1) is 14.0. The third-order valence-electron chi connectivity index (χ3n) is 3.95. The topological polar surface area (TPSA) is 40.5 Å². The number of halogens is 1. The monoisotopic (exact) mass is 301 g/mol. The maximum absolute atomic E-state index is 11.4. The van der Waals surface area contributed by atoms with E-state index < -0.39 is 5.97 Å². The molecule has 0 amide bonds. The molecular formula is C17H16ClNO2. The van der Waals surface area contributed by atoms with Crippen LogP contribution in [0.4, 0.5) is 5.69 Å². The molecule has 0 radical (unpaired) electrons. The molecule has 0 bridgehead atoms. The Balaban J connectivity index is 1.95. The lowest BCUT2D eigenvalue weighted by molar-refractivity contribution is 0.0697. The Labute approximate surface area is 128 Å². The van der Waals surface area contributed by atoms with Gasteiger partial charge in [-0.05, 0) is 36.1 Å². The fourth-order valence-electron chi connectivity index (χ4n) is 2.90. The lowest BCUT2D eigenvalue weighted by Gasteiger charge is -2.25. The lowest BCUT2D eigenvalue weighted by atomic mass is 10.0. The van der Waals surface area contributed by atoms with Crippen LogP contribution in [0.3, 0.4) is 0 Å². The van der Waals surface area contributed by atoms with E-state index in [-0.39, 0.29) is 5.56 Å². The molecule has 3 rings (SSSR count). The van der Waals surface area contributed by atoms with E-state index in [1.54, 1.807) is 18.2 Å². The van der Waals surface area contributed by atoms with Crippen molar-refractivity contribution in [1.82, 2.24) is 0 Å². The van der Waals surface area contributed by atoms with Crippen LogP contribution in [0.25, 0.3) is 0 Å². The summed E-state index contributed by atoms with van der Waals surface area (Å²) >= 11 is 6.27. The molecule has 0 saturated heterocycles. The standard InChI is InChI=1S/C17H16ClNO2/c18-15-7-3-6-14(17(20)21)16(15)19-10-8-12-4-1-2-5-13(12)9-11-19/h1-7H,8-11H2,(H,20,21). The third kappa shape index (κ3) is 2.74. The highest BCUT2D eigenvalue weighted by atomic mass is 35.5. The number of carboxylic acid groups (broad SMARTS) is 1. The Morgan fingerprint density at radius 3 is 2.19 bits per heavy atom. The van der Waals surface area contributed by atoms with Gasteiger partial charge < -0.3 is 10.0 Å². The number of carbonyl (C=O) groups is 1. The van der Waals surface area contributed by atoms with Crippen LogP contribution in [-0.4, -0.2) is 24.2 Å². The molecule has 1 aliphatic rings. The van der Waals surface area contributed by atoms with Crippen molar-refractivity contribution in [3.05, 3.63) is 64.2 Å². The molecule has 2 aromatic carbocycles. The zero-order chi connectivity index (χ0) is 14.8. The molecule has 0 spiro atoms. The smallest absolute Gasteiger partial charge is 0.337 e. The zero-order valence-electron chi connectivity index (χ0n) is 11.6. The van der Waals surface area contributed by atoms with Crippen molar-refractivity contribution in [2.24, 2.45) is 0 Å². The van der Waals surface area contributed by atoms with Crippen molar-refractivity contribution in [2.45, 2.75) is 12.8 Å². The van der Waals surface area contributed by atoms with Gasteiger partial charge in [-0.3, -0.25) is 0 Å². The van der Waals surface area contributed by atoms with E-state index >= 15 is 0 Å². The first-order valence-electron chi connectivity index (χ1n) is 7.00. The average molecular weight is 302 g/mol. The maximum atomic E-state index is 11.4. The van der Waals surface area contributed by atoms with Crippen molar-refractivity contribution in [2.75, 3.05) is 18.0 Å². The van der Waals surface area contributed by atoms with Gasteiger partial charge in [-0.25, -0.2) is 4.79 Å². The average Bonchev–Trinajstić information content (AvgIpc) is 2.69. The van der Waals surface area contributed by atoms with Gasteiger partial charge in [0.1, 0.15) is 0 Å². The fraction of sp³-hybridized carbons (Fsp3) is 0.235. The second kappa shape index (κ2) is 5.78. The summed E-state index contributed by atoms with van der Waals surface area (Å²) in [7, 11) is 0. The largest absolute Gasteiger partial charge is 0.478 e. The number of fused-ring (bicyclic) bond motifs is 1. The van der Waals surface area contributed by atoms with Crippen LogP contribution in [0.5, 0.6) is 0 Å². The molecule has 0 atom stereocenters. The summed E-state index contributed by atoms with van der Waals surface area (Å²) in [6.07, 6.45) is 1.81. The molecule has 0 fully saturated rings. The molecule has 21 heavy (non-hydrogen) atoms. The van der Waals surface area contributed by atoms with Crippen LogP contribution in [-0.2, 0) is 12.8 Å². The molecule has 2 aromatic rings. The summed E-state index contributed by atoms with van der Waals surface area (Å²) in [5.74, 6) is -0.936. The van der Waals surface area contributed by atoms with E-state index in [2.05, 4.69) is 17.0 Å². The van der Waals surface area contributed by atoms with Gasteiger partial charge in [-0.1, -0.05) is 41.9 Å². The minimum Gasteiger partial charge on any atom is -0.478 e. The molecular weight excluding hydrogens is 286 g/mol. The minimum atomic E-state index is -0.936. The molecule has 4 heteroatoms. The van der Waals surface area contributed by atoms with Crippen LogP contribution >= 0.6 is 11.6 Å². The second-order valence-corrected chi connectivity index (χ2v) is 5.60. The molecule has 0 saturated carbocycles. The number of rotatable bonds is 2. The van der Waals surface area contributed by atoms with Crippen molar-refractivity contribution >= 4 is 23.3 Å². The quantitative estimate of drug-likeness (QED) is 0.920. The summed E-state index contributed by atoms with van der Waals surface area (Å²) in [6.45, 7) is 1.56. The van der Waals surface area contributed by atoms with E-state index in [9.17, 15) is 9.90 Å². The number of benzene rings is 2. The second-order valence-electron chi connectivity index (χ2n) is 5.20. The van der Waals surface area contributed by atoms with Crippen LogP contribution in [0.2, 0.25) is 5.02 Å². The molecule has 3 nitrogen and oxygen atoms in total. The van der Waals surface area contributed by atoms with Gasteiger partial charge >= 0.3 is 5.97 Å². The third-order valence-corrected chi connectivity index (χ3v) is 4.26. The summed E-state index contributed by atoms with van der Waals surface area (Å²) in [5.41, 5.74) is 3.58. The van der Waals surface area contributed by atoms with E-state index in [1.807, 2.05) is 12.1 Å². The normalized spacial score (nSPS) is 14.4. The van der Waals surface area contributed by atoms with Gasteiger partial charge in [0.25, 0.3) is 0 Å². The van der Waals surface area contributed by atoms with E-state index in [0.717, 1.165) is 25.9 Å². The maximum Gasteiger partial charge on any atom is 0.337 e. The highest BCUT2D eigenvalue weighted by molar-refractivity contribution is 6.34. The first-order valence-corrected chi connectivity index (χ1v) is 7.38. The highest BCUT2D eigenvalue weighted by Crippen LogP contribution is 2.31. The number of nitrogens with zero attached hydrogens (tertiary/aromatic N) is 1. The predicted molar refractivity (Wildman–Crippen MR) is 84.5 cm³/mol. The van der Waals surface area contributed by atoms with E-state index in [1.165, 1.54) is 11.1 Å². The fourth-order valence-corrected chi connectivity index (χ4v) is 3.19. The lowest BCUT2D eigenvalue weighted by Crippen LogP contribution is -2.28. The van der Waals surface area contributed by atoms with Crippen molar-refractivity contribution in [1.29, 1.82) is 0 Å². The van der Waals surface area contributed by atoms with Crippen molar-refractivity contribution in [3.8, 4) is 0 Å². The predicted octanol–water partition coefficient (Wildman–Crippen LogP) is 3.64. The Morgan fingerprint density at radius 1 is 1.00 bits per heavy atom. The Kier molecular flexibility index (Phi) is 3.84. The molecule has 0 aliphatic carbocycles. The molecule has 108 valence electrons. The first-order chi connectivity index (χ1) is 10.2. The van der Waals surface area contributed by atoms with Crippen LogP contribution < -0.4 is 4.90 Å². The van der Waals surface area contributed by atoms with Crippen molar-refractivity contribution in [3.63, 3.8) is 0 Å². The van der Waals surface area contributed by atoms with E-state index in [0.29, 0.717) is 10.7 Å². The Bertz CT molecular complexity index is 657. The number of carboxylic acids is 1. The Hall–Kier alpha value is -2.00. The number of para-hydroxylation sites is 1. The van der Waals surface area contributed by atoms with Gasteiger partial charge in [-0.2, -0.15) is 0 Å². The number of aromatic carboxylic acids is 1. The molecule has 1 N–H and O–H groups in total. The van der Waals surface area contributed by atoms with Gasteiger partial charge in [0, 0.05) is 13.1 Å². The van der Waals surface area contributed by atoms with Crippen LogP contribution in [0.1, 0.15) is 21.5 Å². The highest BCUT2D eigenvalue weighted by Gasteiger charge is 2.21. The molecule has 0 aromatic heterocycles. The van der Waals surface area contributed by atoms with E-state index in [4.69, 9.17) is 11.6 Å². The summed E-state index contributed by atoms with van der Waals surface area (Å²) in [4.78, 5) is 13.5. The summed E-state index contributed by atoms with van der Waals surface area (Å²) < 4.78 is 0. The van der Waals surface area contributed by atoms with Gasteiger partial charge in [0.2, 0.25) is 0 Å². The SMILES string of the molecule is O=C(O)c1cccc(Cl)c1N1CCc2ccccc2CC1. The minimum absolute atomic E-state index is 0.272. The number of hydrogen-bond donors (Lipinski definition) is 1. The molecule has 1 aliphatic heterocycles. The van der Waals surface area contributed by atoms with Crippen LogP contribution in [0, 0.1) is 0 Å². The van der Waals surface area contributed by atoms with Gasteiger partial charge in [0.15, 0.2) is 0 Å².